The molecule has 4 nitrogen and oxygen atoms in total. The highest BCUT2D eigenvalue weighted by atomic mass is 16.5. The Morgan fingerprint density at radius 3 is 2.39 bits per heavy atom. The number of esters is 1. The maximum absolute atomic E-state index is 11.8. The minimum absolute atomic E-state index is 0.111. The molecule has 0 aliphatic carbocycles. The third kappa shape index (κ3) is 3.87. The van der Waals surface area contributed by atoms with E-state index in [-0.39, 0.29) is 12.5 Å². The van der Waals surface area contributed by atoms with Crippen molar-refractivity contribution in [3.8, 4) is 0 Å². The highest BCUT2D eigenvalue weighted by molar-refractivity contribution is 5.94. The van der Waals surface area contributed by atoms with Crippen LogP contribution >= 0.6 is 0 Å². The normalized spacial score (nSPS) is 13.7. The molecule has 0 aliphatic rings. The van der Waals surface area contributed by atoms with E-state index in [1.165, 1.54) is 0 Å². The molecule has 0 saturated carbocycles. The monoisotopic (exact) mass is 250 g/mol. The van der Waals surface area contributed by atoms with Crippen LogP contribution in [-0.2, 0) is 20.9 Å². The van der Waals surface area contributed by atoms with Crippen LogP contribution in [0.4, 0.5) is 0 Å². The molecule has 1 N–H and O–H groups in total. The van der Waals surface area contributed by atoms with E-state index in [2.05, 4.69) is 0 Å². The van der Waals surface area contributed by atoms with Gasteiger partial charge in [-0.3, -0.25) is 9.59 Å². The van der Waals surface area contributed by atoms with Crippen LogP contribution in [0.2, 0.25) is 0 Å². The second-order valence-corrected chi connectivity index (χ2v) is 4.29. The summed E-state index contributed by atoms with van der Waals surface area (Å²) in [7, 11) is 0. The lowest BCUT2D eigenvalue weighted by Gasteiger charge is -2.17. The Balaban J connectivity index is 2.60. The van der Waals surface area contributed by atoms with Gasteiger partial charge in [-0.05, 0) is 11.5 Å². The van der Waals surface area contributed by atoms with Crippen LogP contribution in [0.15, 0.2) is 30.3 Å². The van der Waals surface area contributed by atoms with E-state index in [1.54, 1.807) is 6.92 Å². The standard InChI is InChI=1S/C14H18O4/c1-3-10(2)12(13(15)16)14(17)18-9-11-7-5-4-6-8-11/h4-8,10,12H,3,9H2,1-2H3,(H,15,16). The SMILES string of the molecule is CCC(C)C(C(=O)O)C(=O)OCc1ccccc1. The summed E-state index contributed by atoms with van der Waals surface area (Å²) >= 11 is 0. The molecular formula is C14H18O4. The molecule has 0 spiro atoms. The minimum Gasteiger partial charge on any atom is -0.481 e. The van der Waals surface area contributed by atoms with Gasteiger partial charge in [-0.15, -0.1) is 0 Å². The first-order valence-corrected chi connectivity index (χ1v) is 5.99. The number of rotatable bonds is 6. The Kier molecular flexibility index (Phi) is 5.36. The smallest absolute Gasteiger partial charge is 0.320 e. The van der Waals surface area contributed by atoms with Gasteiger partial charge in [0.2, 0.25) is 0 Å². The number of hydrogen-bond acceptors (Lipinski definition) is 3. The van der Waals surface area contributed by atoms with E-state index < -0.39 is 17.9 Å². The minimum atomic E-state index is -1.12. The molecule has 2 atom stereocenters. The van der Waals surface area contributed by atoms with Gasteiger partial charge in [-0.2, -0.15) is 0 Å². The van der Waals surface area contributed by atoms with Crippen LogP contribution in [-0.4, -0.2) is 17.0 Å². The molecule has 2 unspecified atom stereocenters. The van der Waals surface area contributed by atoms with Gasteiger partial charge in [0.1, 0.15) is 6.61 Å². The molecule has 4 heteroatoms. The Morgan fingerprint density at radius 1 is 1.28 bits per heavy atom. The van der Waals surface area contributed by atoms with Crippen molar-refractivity contribution in [2.24, 2.45) is 11.8 Å². The molecule has 98 valence electrons. The molecule has 18 heavy (non-hydrogen) atoms. The van der Waals surface area contributed by atoms with Crippen molar-refractivity contribution in [3.05, 3.63) is 35.9 Å². The van der Waals surface area contributed by atoms with Gasteiger partial charge >= 0.3 is 11.9 Å². The molecule has 0 bridgehead atoms. The molecule has 0 radical (unpaired) electrons. The molecule has 0 fully saturated rings. The number of carboxylic acid groups (broad SMARTS) is 1. The Bertz CT molecular complexity index is 400. The molecule has 0 heterocycles. The fraction of sp³-hybridized carbons (Fsp3) is 0.429. The number of benzene rings is 1. The highest BCUT2D eigenvalue weighted by Gasteiger charge is 2.32. The molecule has 0 amide bonds. The molecule has 0 aliphatic heterocycles. The van der Waals surface area contributed by atoms with Crippen LogP contribution in [0, 0.1) is 11.8 Å². The summed E-state index contributed by atoms with van der Waals surface area (Å²) in [5.41, 5.74) is 0.846. The predicted octanol–water partition coefficient (Wildman–Crippen LogP) is 2.48. The molecular weight excluding hydrogens is 232 g/mol. The van der Waals surface area contributed by atoms with E-state index in [0.717, 1.165) is 5.56 Å². The third-order valence-corrected chi connectivity index (χ3v) is 2.96. The van der Waals surface area contributed by atoms with E-state index in [0.29, 0.717) is 6.42 Å². The Morgan fingerprint density at radius 2 is 1.89 bits per heavy atom. The fourth-order valence-electron chi connectivity index (χ4n) is 1.63. The van der Waals surface area contributed by atoms with Crippen LogP contribution in [0.3, 0.4) is 0 Å². The molecule has 0 saturated heterocycles. The quantitative estimate of drug-likeness (QED) is 0.622. The topological polar surface area (TPSA) is 63.6 Å². The second kappa shape index (κ2) is 6.79. The van der Waals surface area contributed by atoms with E-state index in [9.17, 15) is 9.59 Å². The number of aliphatic carboxylic acids is 1. The average Bonchev–Trinajstić information content (AvgIpc) is 2.37. The van der Waals surface area contributed by atoms with Gasteiger partial charge in [0.15, 0.2) is 5.92 Å². The highest BCUT2D eigenvalue weighted by Crippen LogP contribution is 2.18. The van der Waals surface area contributed by atoms with Gasteiger partial charge in [0.25, 0.3) is 0 Å². The van der Waals surface area contributed by atoms with Crippen molar-refractivity contribution in [3.63, 3.8) is 0 Å². The van der Waals surface area contributed by atoms with E-state index in [4.69, 9.17) is 9.84 Å². The average molecular weight is 250 g/mol. The van der Waals surface area contributed by atoms with Crippen molar-refractivity contribution in [2.75, 3.05) is 0 Å². The Hall–Kier alpha value is -1.84. The first kappa shape index (κ1) is 14.2. The van der Waals surface area contributed by atoms with Gasteiger partial charge in [0.05, 0.1) is 0 Å². The first-order chi connectivity index (χ1) is 8.56. The van der Waals surface area contributed by atoms with E-state index >= 15 is 0 Å². The van der Waals surface area contributed by atoms with Gasteiger partial charge in [-0.1, -0.05) is 50.6 Å². The summed E-state index contributed by atoms with van der Waals surface area (Å²) in [5, 5.41) is 9.04. The molecule has 0 aromatic heterocycles. The predicted molar refractivity (Wildman–Crippen MR) is 66.8 cm³/mol. The number of carbonyl (C=O) groups is 2. The largest absolute Gasteiger partial charge is 0.481 e. The Labute approximate surface area is 107 Å². The summed E-state index contributed by atoms with van der Waals surface area (Å²) in [6.07, 6.45) is 0.622. The third-order valence-electron chi connectivity index (χ3n) is 2.96. The van der Waals surface area contributed by atoms with Crippen LogP contribution in [0.25, 0.3) is 0 Å². The van der Waals surface area contributed by atoms with Crippen molar-refractivity contribution in [1.82, 2.24) is 0 Å². The summed E-state index contributed by atoms with van der Waals surface area (Å²) in [5.74, 6) is -3.10. The maximum Gasteiger partial charge on any atom is 0.320 e. The molecule has 1 aromatic rings. The zero-order chi connectivity index (χ0) is 13.5. The van der Waals surface area contributed by atoms with Crippen molar-refractivity contribution >= 4 is 11.9 Å². The molecule has 1 rings (SSSR count). The number of carbonyl (C=O) groups excluding carboxylic acids is 1. The lowest BCUT2D eigenvalue weighted by Crippen LogP contribution is -2.31. The number of hydrogen-bond donors (Lipinski definition) is 1. The molecule has 1 aromatic carbocycles. The van der Waals surface area contributed by atoms with Gasteiger partial charge < -0.3 is 9.84 Å². The lowest BCUT2D eigenvalue weighted by molar-refractivity contribution is -0.162. The number of ether oxygens (including phenoxy) is 1. The van der Waals surface area contributed by atoms with Crippen molar-refractivity contribution < 1.29 is 19.4 Å². The first-order valence-electron chi connectivity index (χ1n) is 5.99. The number of carboxylic acids is 1. The van der Waals surface area contributed by atoms with Gasteiger partial charge in [0, 0.05) is 0 Å². The maximum atomic E-state index is 11.8. The van der Waals surface area contributed by atoms with Crippen molar-refractivity contribution in [2.45, 2.75) is 26.9 Å². The zero-order valence-corrected chi connectivity index (χ0v) is 10.6. The summed E-state index contributed by atoms with van der Waals surface area (Å²) in [6, 6.07) is 9.20. The second-order valence-electron chi connectivity index (χ2n) is 4.29. The summed E-state index contributed by atoms with van der Waals surface area (Å²) < 4.78 is 5.05. The fourth-order valence-corrected chi connectivity index (χ4v) is 1.63. The van der Waals surface area contributed by atoms with E-state index in [1.807, 2.05) is 37.3 Å². The zero-order valence-electron chi connectivity index (χ0n) is 10.6. The van der Waals surface area contributed by atoms with Gasteiger partial charge in [-0.25, -0.2) is 0 Å². The summed E-state index contributed by atoms with van der Waals surface area (Å²) in [6.45, 7) is 3.70. The van der Waals surface area contributed by atoms with Crippen LogP contribution in [0.1, 0.15) is 25.8 Å². The summed E-state index contributed by atoms with van der Waals surface area (Å²) in [4.78, 5) is 22.8. The lowest BCUT2D eigenvalue weighted by atomic mass is 9.92. The van der Waals surface area contributed by atoms with Crippen LogP contribution < -0.4 is 0 Å². The van der Waals surface area contributed by atoms with Crippen LogP contribution in [0.5, 0.6) is 0 Å². The van der Waals surface area contributed by atoms with Crippen molar-refractivity contribution in [1.29, 1.82) is 0 Å².